The van der Waals surface area contributed by atoms with E-state index >= 15 is 0 Å². The summed E-state index contributed by atoms with van der Waals surface area (Å²) in [6.45, 7) is 1.75. The van der Waals surface area contributed by atoms with Crippen LogP contribution in [0.4, 0.5) is 4.79 Å². The summed E-state index contributed by atoms with van der Waals surface area (Å²) in [5.74, 6) is -0.253. The fraction of sp³-hybridized carbons (Fsp3) is 0.714. The van der Waals surface area contributed by atoms with Gasteiger partial charge in [0.2, 0.25) is 0 Å². The van der Waals surface area contributed by atoms with E-state index in [0.717, 1.165) is 0 Å². The number of nitrogens with two attached hydrogens (primary N) is 1. The van der Waals surface area contributed by atoms with Crippen molar-refractivity contribution in [3.63, 3.8) is 0 Å². The van der Waals surface area contributed by atoms with Crippen molar-refractivity contribution in [1.82, 2.24) is 4.90 Å². The first-order valence-electron chi connectivity index (χ1n) is 3.66. The lowest BCUT2D eigenvalue weighted by molar-refractivity contribution is -0.137. The van der Waals surface area contributed by atoms with E-state index in [4.69, 9.17) is 5.73 Å². The van der Waals surface area contributed by atoms with Crippen LogP contribution >= 0.6 is 0 Å². The van der Waals surface area contributed by atoms with Gasteiger partial charge in [-0.1, -0.05) is 6.92 Å². The normalized spacial score (nSPS) is 11.9. The molecular weight excluding hydrogens is 160 g/mol. The lowest BCUT2D eigenvalue weighted by Crippen LogP contribution is -2.37. The quantitative estimate of drug-likeness (QED) is 0.651. The third-order valence-electron chi connectivity index (χ3n) is 1.35. The molecule has 2 amide bonds. The second-order valence-electron chi connectivity index (χ2n) is 2.57. The van der Waals surface area contributed by atoms with Gasteiger partial charge in [0.1, 0.15) is 0 Å². The van der Waals surface area contributed by atoms with Crippen LogP contribution in [0.3, 0.4) is 0 Å². The summed E-state index contributed by atoms with van der Waals surface area (Å²) in [5.41, 5.74) is 4.77. The topological polar surface area (TPSA) is 72.6 Å². The van der Waals surface area contributed by atoms with Crippen LogP contribution in [-0.4, -0.2) is 37.1 Å². The maximum absolute atomic E-state index is 11.2. The highest BCUT2D eigenvalue weighted by Gasteiger charge is 2.20. The van der Waals surface area contributed by atoms with E-state index in [1.807, 2.05) is 0 Å². The number of carbonyl (C=O) groups excluding carboxylic acids is 2. The molecule has 0 fully saturated rings. The van der Waals surface area contributed by atoms with Crippen LogP contribution in [0.5, 0.6) is 0 Å². The number of amides is 2. The molecule has 0 spiro atoms. The number of ether oxygens (including phenoxy) is 1. The summed E-state index contributed by atoms with van der Waals surface area (Å²) >= 11 is 0. The van der Waals surface area contributed by atoms with Crippen molar-refractivity contribution in [2.24, 2.45) is 5.73 Å². The Labute approximate surface area is 71.5 Å². The Bertz CT molecular complexity index is 179. The summed E-state index contributed by atoms with van der Waals surface area (Å²) in [5, 5.41) is 0. The van der Waals surface area contributed by atoms with Crippen molar-refractivity contribution in [3.05, 3.63) is 0 Å². The third kappa shape index (κ3) is 3.23. The van der Waals surface area contributed by atoms with Gasteiger partial charge in [0, 0.05) is 14.1 Å². The lowest BCUT2D eigenvalue weighted by Gasteiger charge is -2.18. The first kappa shape index (κ1) is 10.7. The van der Waals surface area contributed by atoms with Crippen molar-refractivity contribution in [3.8, 4) is 0 Å². The Morgan fingerprint density at radius 2 is 2.00 bits per heavy atom. The van der Waals surface area contributed by atoms with Crippen LogP contribution in [0.25, 0.3) is 0 Å². The Morgan fingerprint density at radius 1 is 1.50 bits per heavy atom. The standard InChI is InChI=1S/C7H14N2O3/c1-4-5(12-7(8)11)6(10)9(2)3/h5H,4H2,1-3H3,(H2,8,11). The highest BCUT2D eigenvalue weighted by Crippen LogP contribution is 2.00. The molecule has 0 heterocycles. The average Bonchev–Trinajstić information content (AvgIpc) is 1.98. The molecule has 1 atom stereocenters. The van der Waals surface area contributed by atoms with E-state index in [9.17, 15) is 9.59 Å². The molecule has 0 aromatic carbocycles. The highest BCUT2D eigenvalue weighted by molar-refractivity contribution is 5.82. The predicted molar refractivity (Wildman–Crippen MR) is 43.4 cm³/mol. The van der Waals surface area contributed by atoms with Crippen molar-refractivity contribution in [2.45, 2.75) is 19.4 Å². The van der Waals surface area contributed by atoms with Crippen molar-refractivity contribution in [2.75, 3.05) is 14.1 Å². The summed E-state index contributed by atoms with van der Waals surface area (Å²) in [6, 6.07) is 0. The van der Waals surface area contributed by atoms with Gasteiger partial charge in [-0.2, -0.15) is 0 Å². The summed E-state index contributed by atoms with van der Waals surface area (Å²) < 4.78 is 4.57. The van der Waals surface area contributed by atoms with Crippen molar-refractivity contribution >= 4 is 12.0 Å². The highest BCUT2D eigenvalue weighted by atomic mass is 16.6. The van der Waals surface area contributed by atoms with Crippen molar-refractivity contribution < 1.29 is 14.3 Å². The second kappa shape index (κ2) is 4.58. The smallest absolute Gasteiger partial charge is 0.405 e. The van der Waals surface area contributed by atoms with Gasteiger partial charge in [-0.05, 0) is 6.42 Å². The summed E-state index contributed by atoms with van der Waals surface area (Å²) in [6.07, 6.45) is -1.24. The molecule has 5 nitrogen and oxygen atoms in total. The number of nitrogens with zero attached hydrogens (tertiary/aromatic N) is 1. The summed E-state index contributed by atoms with van der Waals surface area (Å²) in [4.78, 5) is 22.9. The van der Waals surface area contributed by atoms with Gasteiger partial charge in [-0.15, -0.1) is 0 Å². The van der Waals surface area contributed by atoms with Crippen molar-refractivity contribution in [1.29, 1.82) is 0 Å². The van der Waals surface area contributed by atoms with Gasteiger partial charge in [-0.3, -0.25) is 4.79 Å². The van der Waals surface area contributed by atoms with Crippen LogP contribution in [0.2, 0.25) is 0 Å². The predicted octanol–water partition coefficient (Wildman–Crippen LogP) is -0.0515. The number of hydrogen-bond donors (Lipinski definition) is 1. The number of likely N-dealkylation sites (N-methyl/N-ethyl adjacent to an activating group) is 1. The Kier molecular flexibility index (Phi) is 4.10. The first-order valence-corrected chi connectivity index (χ1v) is 3.66. The third-order valence-corrected chi connectivity index (χ3v) is 1.35. The molecule has 0 bridgehead atoms. The fourth-order valence-electron chi connectivity index (χ4n) is 0.737. The van der Waals surface area contributed by atoms with E-state index < -0.39 is 12.2 Å². The minimum Gasteiger partial charge on any atom is -0.436 e. The molecule has 0 aliphatic rings. The molecule has 0 saturated carbocycles. The lowest BCUT2D eigenvalue weighted by atomic mass is 10.2. The van der Waals surface area contributed by atoms with E-state index in [0.29, 0.717) is 6.42 Å². The Hall–Kier alpha value is -1.26. The van der Waals surface area contributed by atoms with Crippen LogP contribution in [0.15, 0.2) is 0 Å². The molecule has 70 valence electrons. The molecule has 0 aliphatic carbocycles. The molecule has 0 aromatic heterocycles. The molecule has 12 heavy (non-hydrogen) atoms. The second-order valence-corrected chi connectivity index (χ2v) is 2.57. The van der Waals surface area contributed by atoms with E-state index in [1.54, 1.807) is 21.0 Å². The number of primary amides is 1. The molecular formula is C7H14N2O3. The Morgan fingerprint density at radius 3 is 2.25 bits per heavy atom. The van der Waals surface area contributed by atoms with Gasteiger partial charge >= 0.3 is 6.09 Å². The van der Waals surface area contributed by atoms with E-state index in [1.165, 1.54) is 4.90 Å². The number of hydrogen-bond acceptors (Lipinski definition) is 3. The number of rotatable bonds is 3. The molecule has 0 aromatic rings. The van der Waals surface area contributed by atoms with Gasteiger partial charge in [0.25, 0.3) is 5.91 Å². The molecule has 5 heteroatoms. The molecule has 0 saturated heterocycles. The minimum absolute atomic E-state index is 0.253. The van der Waals surface area contributed by atoms with Crippen LogP contribution in [-0.2, 0) is 9.53 Å². The van der Waals surface area contributed by atoms with E-state index in [2.05, 4.69) is 4.74 Å². The van der Waals surface area contributed by atoms with Gasteiger partial charge in [0.05, 0.1) is 0 Å². The SMILES string of the molecule is CCC(OC(N)=O)C(=O)N(C)C. The minimum atomic E-state index is -0.919. The molecule has 0 radical (unpaired) electrons. The van der Waals surface area contributed by atoms with E-state index in [-0.39, 0.29) is 5.91 Å². The molecule has 0 rings (SSSR count). The summed E-state index contributed by atoms with van der Waals surface area (Å²) in [7, 11) is 3.19. The Balaban J connectivity index is 4.15. The molecule has 1 unspecified atom stereocenters. The fourth-order valence-corrected chi connectivity index (χ4v) is 0.737. The van der Waals surface area contributed by atoms with Gasteiger partial charge in [0.15, 0.2) is 6.10 Å². The zero-order valence-electron chi connectivity index (χ0n) is 7.53. The van der Waals surface area contributed by atoms with Crippen LogP contribution < -0.4 is 5.73 Å². The number of carbonyl (C=O) groups is 2. The average molecular weight is 174 g/mol. The maximum Gasteiger partial charge on any atom is 0.405 e. The van der Waals surface area contributed by atoms with Gasteiger partial charge in [-0.25, -0.2) is 4.79 Å². The zero-order valence-corrected chi connectivity index (χ0v) is 7.53. The largest absolute Gasteiger partial charge is 0.436 e. The van der Waals surface area contributed by atoms with Gasteiger partial charge < -0.3 is 15.4 Å². The molecule has 0 aliphatic heterocycles. The first-order chi connectivity index (χ1) is 5.49. The monoisotopic (exact) mass is 174 g/mol. The zero-order chi connectivity index (χ0) is 9.72. The van der Waals surface area contributed by atoms with Crippen LogP contribution in [0.1, 0.15) is 13.3 Å². The molecule has 2 N–H and O–H groups in total. The maximum atomic E-state index is 11.2. The van der Waals surface area contributed by atoms with Crippen LogP contribution in [0, 0.1) is 0 Å².